The van der Waals surface area contributed by atoms with Crippen molar-refractivity contribution in [3.63, 3.8) is 0 Å². The van der Waals surface area contributed by atoms with Gasteiger partial charge >= 0.3 is 0 Å². The molecule has 0 saturated carbocycles. The van der Waals surface area contributed by atoms with E-state index in [0.29, 0.717) is 24.7 Å². The van der Waals surface area contributed by atoms with Crippen molar-refractivity contribution in [3.05, 3.63) is 29.8 Å². The largest absolute Gasteiger partial charge is 0.508 e. The first-order valence-corrected chi connectivity index (χ1v) is 27.8. The first kappa shape index (κ1) is 66.0. The normalized spacial score (nSPS) is 27.9. The van der Waals surface area contributed by atoms with Crippen LogP contribution in [0.25, 0.3) is 0 Å². The number of unbranched alkanes of at least 4 members (excludes halogenated alkanes) is 5. The van der Waals surface area contributed by atoms with Crippen LogP contribution in [0, 0.1) is 17.8 Å². The maximum atomic E-state index is 14.5. The number of benzene rings is 1. The predicted octanol–water partition coefficient (Wildman–Crippen LogP) is -4.05. The molecule has 0 aliphatic carbocycles. The van der Waals surface area contributed by atoms with Crippen molar-refractivity contribution < 1.29 is 99.7 Å². The summed E-state index contributed by atoms with van der Waals surface area (Å²) in [6.07, 6.45) is -9.29. The number of fused-ring (bicyclic) bond motifs is 3. The van der Waals surface area contributed by atoms with Crippen molar-refractivity contribution in [3.8, 4) is 5.75 Å². The maximum Gasteiger partial charge on any atom is 0.290 e. The van der Waals surface area contributed by atoms with E-state index in [1.54, 1.807) is 0 Å². The fraction of sp³-hybridized carbons (Fsp3) is 0.722. The molecule has 1 aromatic rings. The summed E-state index contributed by atoms with van der Waals surface area (Å²) in [5, 5.41) is 117. The molecule has 0 aromatic heterocycles. The third-order valence-electron chi connectivity index (χ3n) is 14.7. The van der Waals surface area contributed by atoms with Crippen molar-refractivity contribution in [1.29, 1.82) is 0 Å². The molecule has 16 atom stereocenters. The number of aliphatic hydroxyl groups is 7. The Morgan fingerprint density at radius 1 is 0.735 bits per heavy atom. The number of aliphatic hydroxyl groups excluding tert-OH is 7. The van der Waals surface area contributed by atoms with Crippen LogP contribution in [0.5, 0.6) is 5.75 Å². The number of hydrogen-bond donors (Lipinski definition) is 18. The van der Waals surface area contributed by atoms with E-state index in [-0.39, 0.29) is 43.6 Å². The molecule has 472 valence electrons. The number of nitrogens with one attached hydrogen (secondary N) is 6. The molecule has 3 saturated heterocycles. The first-order valence-electron chi connectivity index (χ1n) is 29.8. The van der Waals surface area contributed by atoms with Gasteiger partial charge in [-0.15, -0.1) is 0 Å². The van der Waals surface area contributed by atoms with Gasteiger partial charge in [-0.25, -0.2) is 0 Å². The minimum Gasteiger partial charge on any atom is -0.508 e. The van der Waals surface area contributed by atoms with E-state index < -0.39 is 172 Å². The second-order valence-corrected chi connectivity index (χ2v) is 21.2. The molecule has 3 aliphatic heterocycles. The predicted molar refractivity (Wildman–Crippen MR) is 298 cm³/mol. The van der Waals surface area contributed by atoms with Crippen LogP contribution in [0.1, 0.15) is 128 Å². The van der Waals surface area contributed by atoms with Gasteiger partial charge in [-0.2, -0.15) is 0 Å². The third kappa shape index (κ3) is 23.8. The molecule has 29 nitrogen and oxygen atoms in total. The molecule has 83 heavy (non-hydrogen) atoms. The summed E-state index contributed by atoms with van der Waals surface area (Å²) in [5.41, 5.74) is 11.1. The molecule has 0 spiro atoms. The van der Waals surface area contributed by atoms with Gasteiger partial charge in [0.1, 0.15) is 54.3 Å². The van der Waals surface area contributed by atoms with Gasteiger partial charge in [0.25, 0.3) is 12.9 Å². The number of nitrogens with zero attached hydrogens (tertiary/aromatic N) is 2. The van der Waals surface area contributed by atoms with Crippen LogP contribution >= 0.6 is 0 Å². The number of amides is 7. The molecule has 0 radical (unpaired) electrons. The maximum absolute atomic E-state index is 14.5. The topological polar surface area (TPSA) is 487 Å². The fourth-order valence-electron chi connectivity index (χ4n) is 10.00. The molecule has 3 aliphatic rings. The number of carbonyl (C=O) groups is 9. The summed E-state index contributed by atoms with van der Waals surface area (Å²) in [6.45, 7) is -1.49. The van der Waals surface area contributed by atoms with Crippen molar-refractivity contribution in [2.24, 2.45) is 29.2 Å². The van der Waals surface area contributed by atoms with E-state index >= 15 is 0 Å². The fourth-order valence-corrected chi connectivity index (χ4v) is 10.00. The number of carbonyl (C=O) groups excluding carboxylic acids is 7. The molecule has 3 fully saturated rings. The van der Waals surface area contributed by atoms with Gasteiger partial charge in [0.05, 0.1) is 36.4 Å². The summed E-state index contributed by atoms with van der Waals surface area (Å²) in [7, 11) is 0. The van der Waals surface area contributed by atoms with Crippen molar-refractivity contribution in [1.82, 2.24) is 41.7 Å². The lowest BCUT2D eigenvalue weighted by atomic mass is 9.91. The summed E-state index contributed by atoms with van der Waals surface area (Å²) in [6, 6.07) is -5.27. The van der Waals surface area contributed by atoms with Gasteiger partial charge in [-0.1, -0.05) is 77.8 Å². The molecule has 20 N–H and O–H groups in total. The standard InChI is InChI=1S/C52H88N10O15.2CH2O2/c1-5-28(2)22-29(3)12-10-8-6-7-9-11-13-40(69)56-35-24-38(67)46(55-21-20-54)60-47(72)34-26-61(27-39(34)68)51(76)42(37(66)18-19-53)58-50(75)43(45(71)44(70)31-14-16-32(64)17-15-31)59-49(74)36-23-33(65)25-62(36)52(77)41(30(4)63)57-48(35)73;2*2-1-3/h14-17,28-30,33-39,41-46,55,63-68,70-71H,5-13,18-27,53-54H2,1-4H3,(H,56,69)(H,57,73)(H,58,75)(H,59,74)(H,60,72);2*1H,(H,2,3)/t28-,29+,30+,33+,34-,35-,36-,37+,38+,39+,41-,42-,43-,44-,45-,46-;;/m0../s1/i20D2,21D2;;. The van der Waals surface area contributed by atoms with Crippen LogP contribution in [0.15, 0.2) is 24.3 Å². The van der Waals surface area contributed by atoms with Crippen molar-refractivity contribution in [2.45, 2.75) is 190 Å². The van der Waals surface area contributed by atoms with Crippen LogP contribution in [0.4, 0.5) is 0 Å². The number of phenols is 1. The zero-order valence-corrected chi connectivity index (χ0v) is 47.4. The Balaban J connectivity index is 0.00000412. The van der Waals surface area contributed by atoms with Crippen LogP contribution in [-0.2, 0) is 43.2 Å². The summed E-state index contributed by atoms with van der Waals surface area (Å²) < 4.78 is 32.7. The number of nitrogens with two attached hydrogens (primary N) is 2. The van der Waals surface area contributed by atoms with Gasteiger partial charge in [0, 0.05) is 57.4 Å². The Morgan fingerprint density at radius 3 is 1.92 bits per heavy atom. The summed E-state index contributed by atoms with van der Waals surface area (Å²) in [4.78, 5) is 118. The molecule has 29 heteroatoms. The zero-order valence-electron chi connectivity index (χ0n) is 51.4. The Bertz CT molecular complexity index is 2360. The number of carboxylic acid groups (broad SMARTS) is 2. The molecule has 0 unspecified atom stereocenters. The molecular formula is C54H92N10O19. The summed E-state index contributed by atoms with van der Waals surface area (Å²) in [5.74, 6) is -8.83. The van der Waals surface area contributed by atoms with Gasteiger partial charge in [-0.05, 0) is 62.3 Å². The minimum absolute atomic E-state index is 0.0915. The Kier molecular flexibility index (Phi) is 30.2. The third-order valence-corrected chi connectivity index (χ3v) is 14.7. The zero-order chi connectivity index (χ0) is 66.1. The molecule has 1 aromatic carbocycles. The van der Waals surface area contributed by atoms with Gasteiger partial charge in [0.2, 0.25) is 41.4 Å². The van der Waals surface area contributed by atoms with Gasteiger partial charge in [-0.3, -0.25) is 48.5 Å². The number of phenolic OH excluding ortho intramolecular Hbond substituents is 1. The second-order valence-electron chi connectivity index (χ2n) is 21.2. The van der Waals surface area contributed by atoms with Gasteiger partial charge < -0.3 is 98.9 Å². The Hall–Kier alpha value is -6.15. The Labute approximate surface area is 488 Å². The lowest BCUT2D eigenvalue weighted by molar-refractivity contribution is -0.146. The smallest absolute Gasteiger partial charge is 0.290 e. The van der Waals surface area contributed by atoms with Crippen molar-refractivity contribution >= 4 is 54.3 Å². The molecule has 2 bridgehead atoms. The highest BCUT2D eigenvalue weighted by molar-refractivity contribution is 5.97. The first-order chi connectivity index (χ1) is 40.7. The quantitative estimate of drug-likeness (QED) is 0.0366. The molecule has 4 rings (SSSR count). The van der Waals surface area contributed by atoms with Crippen LogP contribution in [0.2, 0.25) is 0 Å². The van der Waals surface area contributed by atoms with Crippen LogP contribution in [0.3, 0.4) is 0 Å². The molecule has 3 heterocycles. The number of hydrogen-bond acceptors (Lipinski definition) is 20. The average molecular weight is 1190 g/mol. The minimum atomic E-state index is -3.29. The van der Waals surface area contributed by atoms with Gasteiger partial charge in [0.15, 0.2) is 0 Å². The molecule has 7 amide bonds. The number of rotatable bonds is 23. The van der Waals surface area contributed by atoms with Crippen LogP contribution in [-0.4, -0.2) is 227 Å². The van der Waals surface area contributed by atoms with E-state index in [1.165, 1.54) is 12.1 Å². The van der Waals surface area contributed by atoms with E-state index in [0.717, 1.165) is 73.8 Å². The highest BCUT2D eigenvalue weighted by atomic mass is 16.4. The van der Waals surface area contributed by atoms with E-state index in [1.807, 2.05) is 0 Å². The Morgan fingerprint density at radius 2 is 1.33 bits per heavy atom. The van der Waals surface area contributed by atoms with Crippen LogP contribution < -0.4 is 43.4 Å². The van der Waals surface area contributed by atoms with E-state index in [2.05, 4.69) is 52.7 Å². The monoisotopic (exact) mass is 1190 g/mol. The van der Waals surface area contributed by atoms with E-state index in [4.69, 9.17) is 36.8 Å². The highest BCUT2D eigenvalue weighted by Gasteiger charge is 2.48. The lowest BCUT2D eigenvalue weighted by Gasteiger charge is -2.34. The highest BCUT2D eigenvalue weighted by Crippen LogP contribution is 2.26. The second kappa shape index (κ2) is 37.9. The number of aromatic hydroxyl groups is 1. The SMILES string of the molecule is O=CO.O=CO.[2H]C([2H])(N)C([2H])([2H])N[C@H]1NC(=O)[C@H]2CN(C[C@H]2O)C(=O)[C@H]([C@H](O)CCN)NC(=O)[C@H]([C@H](O)[C@@H](O)c2ccc(O)cc2)NC(=O)[C@@H]2C[C@@H](O)CN2C(=O)[C@H]([C@@H](C)O)NC(=O)[C@@H](NC(=O)CCCCCCCC[C@@H](C)C[C@@H](C)CC)C[C@H]1O. The van der Waals surface area contributed by atoms with Crippen molar-refractivity contribution in [2.75, 3.05) is 39.2 Å². The summed E-state index contributed by atoms with van der Waals surface area (Å²) >= 11 is 0. The average Bonchev–Trinajstić information content (AvgIpc) is 2.14. The molecular weight excluding hydrogens is 1090 g/mol. The lowest BCUT2D eigenvalue weighted by Crippen LogP contribution is -2.64. The van der Waals surface area contributed by atoms with E-state index in [9.17, 15) is 74.4 Å².